The topological polar surface area (TPSA) is 68.4 Å². The van der Waals surface area contributed by atoms with E-state index < -0.39 is 0 Å². The summed E-state index contributed by atoms with van der Waals surface area (Å²) < 4.78 is 6.79. The number of fused-ring (bicyclic) bond motifs is 1. The maximum Gasteiger partial charge on any atom is 0.152 e. The first kappa shape index (κ1) is 12.0. The van der Waals surface area contributed by atoms with E-state index >= 15 is 0 Å². The molecule has 1 aromatic heterocycles. The molecule has 0 radical (unpaired) electrons. The van der Waals surface area contributed by atoms with Gasteiger partial charge in [0.1, 0.15) is 17.0 Å². The van der Waals surface area contributed by atoms with E-state index in [0.717, 1.165) is 15.8 Å². The number of hydrogen-bond donors (Lipinski definition) is 2. The summed E-state index contributed by atoms with van der Waals surface area (Å²) in [6.45, 7) is -0.0161. The SMILES string of the molecule is Nc1c(Oc2cccc(CO)c2)ccc2scnc12. The summed E-state index contributed by atoms with van der Waals surface area (Å²) in [4.78, 5) is 4.23. The van der Waals surface area contributed by atoms with Crippen molar-refractivity contribution in [2.24, 2.45) is 0 Å². The molecule has 0 unspecified atom stereocenters. The molecule has 0 bridgehead atoms. The van der Waals surface area contributed by atoms with Crippen molar-refractivity contribution in [2.75, 3.05) is 5.73 Å². The van der Waals surface area contributed by atoms with Gasteiger partial charge in [-0.25, -0.2) is 4.98 Å². The van der Waals surface area contributed by atoms with E-state index in [2.05, 4.69) is 4.98 Å². The van der Waals surface area contributed by atoms with Gasteiger partial charge in [-0.15, -0.1) is 11.3 Å². The maximum atomic E-state index is 9.11. The second-order valence-electron chi connectivity index (χ2n) is 4.08. The summed E-state index contributed by atoms with van der Waals surface area (Å²) in [6.07, 6.45) is 0. The Morgan fingerprint density at radius 3 is 3.00 bits per heavy atom. The molecule has 0 atom stereocenters. The minimum Gasteiger partial charge on any atom is -0.455 e. The molecule has 0 spiro atoms. The highest BCUT2D eigenvalue weighted by Gasteiger charge is 2.09. The molecule has 5 heteroatoms. The Balaban J connectivity index is 1.98. The van der Waals surface area contributed by atoms with Crippen molar-refractivity contribution < 1.29 is 9.84 Å². The standard InChI is InChI=1S/C14H12N2O2S/c15-13-11(4-5-12-14(13)16-8-19-12)18-10-3-1-2-9(6-10)7-17/h1-6,8,17H,7,15H2. The number of nitrogens with two attached hydrogens (primary N) is 1. The van der Waals surface area contributed by atoms with E-state index in [0.29, 0.717) is 17.2 Å². The van der Waals surface area contributed by atoms with E-state index in [4.69, 9.17) is 15.6 Å². The van der Waals surface area contributed by atoms with E-state index in [1.165, 1.54) is 0 Å². The van der Waals surface area contributed by atoms with Gasteiger partial charge in [-0.05, 0) is 29.8 Å². The average Bonchev–Trinajstić information content (AvgIpc) is 2.91. The van der Waals surface area contributed by atoms with Crippen LogP contribution in [0.1, 0.15) is 5.56 Å². The quantitative estimate of drug-likeness (QED) is 0.719. The highest BCUT2D eigenvalue weighted by molar-refractivity contribution is 7.16. The van der Waals surface area contributed by atoms with Crippen LogP contribution in [-0.4, -0.2) is 10.1 Å². The lowest BCUT2D eigenvalue weighted by Crippen LogP contribution is -1.94. The summed E-state index contributed by atoms with van der Waals surface area (Å²) in [5.74, 6) is 1.22. The Kier molecular flexibility index (Phi) is 3.06. The lowest BCUT2D eigenvalue weighted by atomic mass is 10.2. The Morgan fingerprint density at radius 2 is 2.16 bits per heavy atom. The first-order valence-corrected chi connectivity index (χ1v) is 6.65. The number of aliphatic hydroxyl groups excluding tert-OH is 1. The third kappa shape index (κ3) is 2.25. The van der Waals surface area contributed by atoms with Gasteiger partial charge < -0.3 is 15.6 Å². The van der Waals surface area contributed by atoms with E-state index in [9.17, 15) is 0 Å². The lowest BCUT2D eigenvalue weighted by Gasteiger charge is -2.09. The van der Waals surface area contributed by atoms with Gasteiger partial charge >= 0.3 is 0 Å². The smallest absolute Gasteiger partial charge is 0.152 e. The molecular formula is C14H12N2O2S. The zero-order valence-electron chi connectivity index (χ0n) is 10.0. The van der Waals surface area contributed by atoms with Crippen LogP contribution in [-0.2, 0) is 6.61 Å². The fourth-order valence-electron chi connectivity index (χ4n) is 1.86. The number of rotatable bonds is 3. The summed E-state index contributed by atoms with van der Waals surface area (Å²) in [5.41, 5.74) is 9.91. The minimum atomic E-state index is -0.0161. The summed E-state index contributed by atoms with van der Waals surface area (Å²) >= 11 is 1.54. The predicted molar refractivity (Wildman–Crippen MR) is 76.5 cm³/mol. The number of aromatic nitrogens is 1. The fourth-order valence-corrected chi connectivity index (χ4v) is 2.55. The van der Waals surface area contributed by atoms with Gasteiger partial charge in [0.2, 0.25) is 0 Å². The van der Waals surface area contributed by atoms with Crippen molar-refractivity contribution in [2.45, 2.75) is 6.61 Å². The Morgan fingerprint density at radius 1 is 1.26 bits per heavy atom. The van der Waals surface area contributed by atoms with Gasteiger partial charge in [0.15, 0.2) is 5.75 Å². The monoisotopic (exact) mass is 272 g/mol. The second-order valence-corrected chi connectivity index (χ2v) is 4.97. The number of nitrogens with zero attached hydrogens (tertiary/aromatic N) is 1. The van der Waals surface area contributed by atoms with Crippen LogP contribution in [0.25, 0.3) is 10.2 Å². The third-order valence-electron chi connectivity index (χ3n) is 2.81. The van der Waals surface area contributed by atoms with Crippen molar-refractivity contribution in [3.8, 4) is 11.5 Å². The van der Waals surface area contributed by atoms with Crippen molar-refractivity contribution in [1.82, 2.24) is 4.98 Å². The molecule has 0 aliphatic rings. The third-order valence-corrected chi connectivity index (χ3v) is 3.60. The zero-order chi connectivity index (χ0) is 13.2. The highest BCUT2D eigenvalue weighted by Crippen LogP contribution is 2.34. The summed E-state index contributed by atoms with van der Waals surface area (Å²) in [5, 5.41) is 9.11. The normalized spacial score (nSPS) is 10.8. The van der Waals surface area contributed by atoms with Crippen molar-refractivity contribution in [3.63, 3.8) is 0 Å². The maximum absolute atomic E-state index is 9.11. The summed E-state index contributed by atoms with van der Waals surface area (Å²) in [6, 6.07) is 11.0. The van der Waals surface area contributed by atoms with E-state index in [1.54, 1.807) is 22.9 Å². The molecule has 0 fully saturated rings. The van der Waals surface area contributed by atoms with Crippen LogP contribution in [0.2, 0.25) is 0 Å². The molecule has 19 heavy (non-hydrogen) atoms. The van der Waals surface area contributed by atoms with Gasteiger partial charge in [0.25, 0.3) is 0 Å². The van der Waals surface area contributed by atoms with E-state index in [1.807, 2.05) is 30.3 Å². The van der Waals surface area contributed by atoms with Gasteiger partial charge in [-0.2, -0.15) is 0 Å². The molecule has 0 amide bonds. The highest BCUT2D eigenvalue weighted by atomic mass is 32.1. The van der Waals surface area contributed by atoms with Crippen LogP contribution < -0.4 is 10.5 Å². The first-order valence-electron chi connectivity index (χ1n) is 5.77. The number of ether oxygens (including phenoxy) is 1. The molecule has 0 saturated heterocycles. The molecule has 0 saturated carbocycles. The number of thiazole rings is 1. The molecule has 0 aliphatic carbocycles. The molecule has 0 aliphatic heterocycles. The van der Waals surface area contributed by atoms with Crippen molar-refractivity contribution in [1.29, 1.82) is 0 Å². The molecule has 1 heterocycles. The van der Waals surface area contributed by atoms with Crippen LogP contribution in [0.4, 0.5) is 5.69 Å². The number of aliphatic hydroxyl groups is 1. The number of hydrogen-bond acceptors (Lipinski definition) is 5. The zero-order valence-corrected chi connectivity index (χ0v) is 10.9. The van der Waals surface area contributed by atoms with E-state index in [-0.39, 0.29) is 6.61 Å². The van der Waals surface area contributed by atoms with Crippen LogP contribution in [0, 0.1) is 0 Å². The van der Waals surface area contributed by atoms with Gasteiger partial charge in [0.05, 0.1) is 16.8 Å². The fraction of sp³-hybridized carbons (Fsp3) is 0.0714. The number of anilines is 1. The van der Waals surface area contributed by atoms with Gasteiger partial charge in [-0.1, -0.05) is 12.1 Å². The largest absolute Gasteiger partial charge is 0.455 e. The number of benzene rings is 2. The average molecular weight is 272 g/mol. The predicted octanol–water partition coefficient (Wildman–Crippen LogP) is 3.16. The minimum absolute atomic E-state index is 0.0161. The van der Waals surface area contributed by atoms with Crippen molar-refractivity contribution in [3.05, 3.63) is 47.5 Å². The molecule has 3 aromatic rings. The Bertz CT molecular complexity index is 724. The molecule has 96 valence electrons. The Hall–Kier alpha value is -2.11. The lowest BCUT2D eigenvalue weighted by molar-refractivity contribution is 0.281. The second kappa shape index (κ2) is 4.87. The molecule has 3 rings (SSSR count). The van der Waals surface area contributed by atoms with Gasteiger partial charge in [0, 0.05) is 0 Å². The Labute approximate surface area is 114 Å². The number of nitrogen functional groups attached to an aromatic ring is 1. The van der Waals surface area contributed by atoms with Crippen LogP contribution in [0.15, 0.2) is 41.9 Å². The van der Waals surface area contributed by atoms with Crippen LogP contribution in [0.3, 0.4) is 0 Å². The molecule has 4 nitrogen and oxygen atoms in total. The van der Waals surface area contributed by atoms with Crippen LogP contribution in [0.5, 0.6) is 11.5 Å². The molecule has 3 N–H and O–H groups in total. The summed E-state index contributed by atoms with van der Waals surface area (Å²) in [7, 11) is 0. The van der Waals surface area contributed by atoms with Crippen molar-refractivity contribution >= 4 is 27.2 Å². The van der Waals surface area contributed by atoms with Crippen LogP contribution >= 0.6 is 11.3 Å². The first-order chi connectivity index (χ1) is 9.28. The molecule has 2 aromatic carbocycles. The molecular weight excluding hydrogens is 260 g/mol. The van der Waals surface area contributed by atoms with Gasteiger partial charge in [-0.3, -0.25) is 0 Å².